The normalized spacial score (nSPS) is 21.9. The van der Waals surface area contributed by atoms with E-state index >= 15 is 0 Å². The van der Waals surface area contributed by atoms with Crippen LogP contribution in [0.15, 0.2) is 0 Å². The number of hydrogen-bond acceptors (Lipinski definition) is 4. The molecule has 2 aliphatic heterocycles. The highest BCUT2D eigenvalue weighted by molar-refractivity contribution is 5.68. The Bertz CT molecular complexity index is 340. The van der Waals surface area contributed by atoms with Gasteiger partial charge in [0.2, 0.25) is 0 Å². The molecular weight excluding hydrogens is 280 g/mol. The van der Waals surface area contributed by atoms with E-state index in [2.05, 4.69) is 5.32 Å². The molecule has 128 valence electrons. The molecule has 0 bridgehead atoms. The molecule has 0 aromatic rings. The highest BCUT2D eigenvalue weighted by Crippen LogP contribution is 2.22. The molecule has 1 amide bonds. The Morgan fingerprint density at radius 1 is 1.18 bits per heavy atom. The van der Waals surface area contributed by atoms with E-state index in [0.717, 1.165) is 64.4 Å². The summed E-state index contributed by atoms with van der Waals surface area (Å²) >= 11 is 0. The predicted molar refractivity (Wildman–Crippen MR) is 87.0 cm³/mol. The van der Waals surface area contributed by atoms with Gasteiger partial charge in [-0.15, -0.1) is 0 Å². The third-order valence-corrected chi connectivity index (χ3v) is 4.47. The number of nitrogens with one attached hydrogen (secondary N) is 1. The zero-order valence-corrected chi connectivity index (χ0v) is 14.4. The van der Waals surface area contributed by atoms with Crippen molar-refractivity contribution in [3.05, 3.63) is 0 Å². The van der Waals surface area contributed by atoms with Gasteiger partial charge < -0.3 is 19.7 Å². The van der Waals surface area contributed by atoms with Crippen molar-refractivity contribution in [1.29, 1.82) is 0 Å². The van der Waals surface area contributed by atoms with E-state index in [1.807, 2.05) is 25.7 Å². The summed E-state index contributed by atoms with van der Waals surface area (Å²) in [6, 6.07) is 0.635. The Morgan fingerprint density at radius 3 is 2.41 bits per heavy atom. The van der Waals surface area contributed by atoms with Crippen molar-refractivity contribution in [2.45, 2.75) is 64.5 Å². The van der Waals surface area contributed by atoms with Crippen LogP contribution in [-0.2, 0) is 9.47 Å². The lowest BCUT2D eigenvalue weighted by Crippen LogP contribution is -2.42. The largest absolute Gasteiger partial charge is 0.444 e. The lowest BCUT2D eigenvalue weighted by Gasteiger charge is -2.33. The van der Waals surface area contributed by atoms with Crippen LogP contribution >= 0.6 is 0 Å². The van der Waals surface area contributed by atoms with Gasteiger partial charge >= 0.3 is 6.09 Å². The van der Waals surface area contributed by atoms with Crippen molar-refractivity contribution in [2.24, 2.45) is 5.92 Å². The maximum Gasteiger partial charge on any atom is 0.410 e. The van der Waals surface area contributed by atoms with E-state index in [4.69, 9.17) is 9.47 Å². The lowest BCUT2D eigenvalue weighted by atomic mass is 9.93. The highest BCUT2D eigenvalue weighted by Gasteiger charge is 2.26. The average Bonchev–Trinajstić information content (AvgIpc) is 2.47. The Balaban J connectivity index is 1.59. The monoisotopic (exact) mass is 312 g/mol. The molecule has 0 spiro atoms. The molecule has 1 N–H and O–H groups in total. The second kappa shape index (κ2) is 8.16. The molecule has 0 aliphatic carbocycles. The summed E-state index contributed by atoms with van der Waals surface area (Å²) in [5, 5.41) is 3.65. The third kappa shape index (κ3) is 6.13. The molecule has 2 rings (SSSR count). The van der Waals surface area contributed by atoms with Gasteiger partial charge in [0.25, 0.3) is 0 Å². The van der Waals surface area contributed by atoms with E-state index in [1.165, 1.54) is 6.42 Å². The number of hydrogen-bond donors (Lipinski definition) is 1. The number of rotatable bonds is 4. The lowest BCUT2D eigenvalue weighted by molar-refractivity contribution is 0.0181. The molecule has 22 heavy (non-hydrogen) atoms. The minimum absolute atomic E-state index is 0.161. The highest BCUT2D eigenvalue weighted by atomic mass is 16.6. The zero-order valence-electron chi connectivity index (χ0n) is 14.4. The molecule has 5 heteroatoms. The van der Waals surface area contributed by atoms with Crippen LogP contribution in [0.5, 0.6) is 0 Å². The number of nitrogens with zero attached hydrogens (tertiary/aromatic N) is 1. The fourth-order valence-corrected chi connectivity index (χ4v) is 3.12. The van der Waals surface area contributed by atoms with Crippen molar-refractivity contribution >= 4 is 6.09 Å². The van der Waals surface area contributed by atoms with Crippen molar-refractivity contribution in [1.82, 2.24) is 10.2 Å². The summed E-state index contributed by atoms with van der Waals surface area (Å²) in [6.45, 7) is 10.3. The number of ether oxygens (including phenoxy) is 2. The standard InChI is InChI=1S/C17H32N2O3/c1-17(2,3)22-16(20)19-10-5-14(6-11-19)4-9-18-15-7-12-21-13-8-15/h14-15,18H,4-13H2,1-3H3. The average molecular weight is 312 g/mol. The fourth-order valence-electron chi connectivity index (χ4n) is 3.12. The molecule has 0 unspecified atom stereocenters. The minimum atomic E-state index is -0.401. The molecule has 2 heterocycles. The minimum Gasteiger partial charge on any atom is -0.444 e. The second-order valence-corrected chi connectivity index (χ2v) is 7.54. The van der Waals surface area contributed by atoms with E-state index in [0.29, 0.717) is 6.04 Å². The van der Waals surface area contributed by atoms with Crippen LogP contribution in [0.1, 0.15) is 52.9 Å². The van der Waals surface area contributed by atoms with Crippen molar-refractivity contribution in [3.63, 3.8) is 0 Å². The summed E-state index contributed by atoms with van der Waals surface area (Å²) in [4.78, 5) is 13.9. The molecule has 0 aromatic heterocycles. The number of carbonyl (C=O) groups excluding carboxylic acids is 1. The smallest absolute Gasteiger partial charge is 0.410 e. The Labute approximate surface area is 134 Å². The first-order valence-corrected chi connectivity index (χ1v) is 8.73. The molecule has 0 aromatic carbocycles. The quantitative estimate of drug-likeness (QED) is 0.867. The fraction of sp³-hybridized carbons (Fsp3) is 0.941. The molecule has 0 radical (unpaired) electrons. The third-order valence-electron chi connectivity index (χ3n) is 4.47. The molecule has 2 saturated heterocycles. The van der Waals surface area contributed by atoms with E-state index in [9.17, 15) is 4.79 Å². The van der Waals surface area contributed by atoms with Crippen molar-refractivity contribution in [2.75, 3.05) is 32.8 Å². The predicted octanol–water partition coefficient (Wildman–Crippen LogP) is 2.79. The Kier molecular flexibility index (Phi) is 6.50. The number of carbonyl (C=O) groups is 1. The van der Waals surface area contributed by atoms with Crippen LogP contribution in [0.25, 0.3) is 0 Å². The van der Waals surface area contributed by atoms with Crippen LogP contribution in [0.4, 0.5) is 4.79 Å². The summed E-state index contributed by atoms with van der Waals surface area (Å²) < 4.78 is 10.8. The maximum absolute atomic E-state index is 12.0. The SMILES string of the molecule is CC(C)(C)OC(=O)N1CCC(CCNC2CCOCC2)CC1. The van der Waals surface area contributed by atoms with E-state index in [-0.39, 0.29) is 6.09 Å². The van der Waals surface area contributed by atoms with Gasteiger partial charge in [0.15, 0.2) is 0 Å². The van der Waals surface area contributed by atoms with Gasteiger partial charge in [-0.3, -0.25) is 0 Å². The van der Waals surface area contributed by atoms with Gasteiger partial charge in [0.05, 0.1) is 0 Å². The topological polar surface area (TPSA) is 50.8 Å². The summed E-state index contributed by atoms with van der Waals surface area (Å²) in [7, 11) is 0. The zero-order chi connectivity index (χ0) is 16.0. The molecule has 0 saturated carbocycles. The second-order valence-electron chi connectivity index (χ2n) is 7.54. The van der Waals surface area contributed by atoms with Crippen LogP contribution in [0, 0.1) is 5.92 Å². The summed E-state index contributed by atoms with van der Waals surface area (Å²) in [5.74, 6) is 0.728. The van der Waals surface area contributed by atoms with Crippen molar-refractivity contribution < 1.29 is 14.3 Å². The van der Waals surface area contributed by atoms with Crippen LogP contribution in [0.3, 0.4) is 0 Å². The summed E-state index contributed by atoms with van der Waals surface area (Å²) in [5.41, 5.74) is -0.401. The van der Waals surface area contributed by atoms with Gasteiger partial charge in [-0.25, -0.2) is 4.79 Å². The van der Waals surface area contributed by atoms with E-state index < -0.39 is 5.60 Å². The number of amides is 1. The summed E-state index contributed by atoms with van der Waals surface area (Å²) in [6.07, 6.45) is 5.50. The van der Waals surface area contributed by atoms with Gasteiger partial charge in [-0.05, 0) is 65.3 Å². The number of piperidine rings is 1. The van der Waals surface area contributed by atoms with Gasteiger partial charge in [0.1, 0.15) is 5.60 Å². The van der Waals surface area contributed by atoms with Gasteiger partial charge in [0, 0.05) is 32.3 Å². The van der Waals surface area contributed by atoms with Gasteiger partial charge in [-0.2, -0.15) is 0 Å². The molecular formula is C17H32N2O3. The van der Waals surface area contributed by atoms with Crippen LogP contribution in [0.2, 0.25) is 0 Å². The maximum atomic E-state index is 12.0. The first-order chi connectivity index (χ1) is 10.4. The van der Waals surface area contributed by atoms with Crippen molar-refractivity contribution in [3.8, 4) is 0 Å². The Hall–Kier alpha value is -0.810. The molecule has 0 atom stereocenters. The van der Waals surface area contributed by atoms with Crippen LogP contribution < -0.4 is 5.32 Å². The van der Waals surface area contributed by atoms with Crippen LogP contribution in [-0.4, -0.2) is 55.5 Å². The van der Waals surface area contributed by atoms with Gasteiger partial charge in [-0.1, -0.05) is 0 Å². The molecule has 2 fully saturated rings. The first-order valence-electron chi connectivity index (χ1n) is 8.73. The molecule has 5 nitrogen and oxygen atoms in total. The first kappa shape index (κ1) is 17.5. The number of likely N-dealkylation sites (tertiary alicyclic amines) is 1. The molecule has 2 aliphatic rings. The Morgan fingerprint density at radius 2 is 1.82 bits per heavy atom. The van der Waals surface area contributed by atoms with E-state index in [1.54, 1.807) is 0 Å².